The van der Waals surface area contributed by atoms with Crippen molar-refractivity contribution in [1.82, 2.24) is 9.97 Å². The van der Waals surface area contributed by atoms with Crippen molar-refractivity contribution in [3.8, 4) is 0 Å². The highest BCUT2D eigenvalue weighted by molar-refractivity contribution is 7.71. The van der Waals surface area contributed by atoms with E-state index >= 15 is 0 Å². The van der Waals surface area contributed by atoms with Crippen LogP contribution in [0.2, 0.25) is 0 Å². The number of aromatic nitrogens is 2. The maximum absolute atomic E-state index is 12.2. The third kappa shape index (κ3) is 1.85. The van der Waals surface area contributed by atoms with Gasteiger partial charge in [0, 0.05) is 23.4 Å². The Bertz CT molecular complexity index is 626. The van der Waals surface area contributed by atoms with Crippen LogP contribution < -0.4 is 0 Å². The van der Waals surface area contributed by atoms with Gasteiger partial charge in [-0.25, -0.2) is 0 Å². The van der Waals surface area contributed by atoms with E-state index in [-0.39, 0.29) is 11.7 Å². The molecule has 1 aromatic carbocycles. The van der Waals surface area contributed by atoms with Gasteiger partial charge in [0.2, 0.25) is 0 Å². The Balaban J connectivity index is 1.85. The Morgan fingerprint density at radius 1 is 1.35 bits per heavy atom. The molecule has 86 valence electrons. The molecule has 2 aromatic rings. The number of nitrogens with one attached hydrogen (secondary N) is 2. The lowest BCUT2D eigenvalue weighted by Gasteiger charge is -2.04. The van der Waals surface area contributed by atoms with E-state index in [0.29, 0.717) is 4.77 Å². The van der Waals surface area contributed by atoms with Crippen LogP contribution in [0.1, 0.15) is 21.6 Å². The SMILES string of the molecule is O=C1c2ccccc2CC1Cc1c[nH]c(=S)[nH]1. The normalized spacial score (nSPS) is 18.4. The fourth-order valence-corrected chi connectivity index (χ4v) is 2.62. The third-order valence-corrected chi connectivity index (χ3v) is 3.46. The average molecular weight is 244 g/mol. The molecule has 0 saturated heterocycles. The van der Waals surface area contributed by atoms with Gasteiger partial charge < -0.3 is 9.97 Å². The zero-order valence-electron chi connectivity index (χ0n) is 9.19. The summed E-state index contributed by atoms with van der Waals surface area (Å²) in [6.07, 6.45) is 3.40. The first kappa shape index (κ1) is 10.5. The number of ketones is 1. The van der Waals surface area contributed by atoms with Gasteiger partial charge in [-0.3, -0.25) is 4.79 Å². The van der Waals surface area contributed by atoms with Crippen molar-refractivity contribution < 1.29 is 4.79 Å². The van der Waals surface area contributed by atoms with Gasteiger partial charge in [0.05, 0.1) is 0 Å². The summed E-state index contributed by atoms with van der Waals surface area (Å²) in [5.74, 6) is 0.301. The zero-order chi connectivity index (χ0) is 11.8. The molecule has 0 bridgehead atoms. The fraction of sp³-hybridized carbons (Fsp3) is 0.231. The smallest absolute Gasteiger partial charge is 0.174 e. The highest BCUT2D eigenvalue weighted by Crippen LogP contribution is 2.28. The van der Waals surface area contributed by atoms with E-state index in [9.17, 15) is 4.79 Å². The summed E-state index contributed by atoms with van der Waals surface area (Å²) in [5, 5.41) is 0. The Hall–Kier alpha value is -1.68. The Morgan fingerprint density at radius 2 is 2.18 bits per heavy atom. The Morgan fingerprint density at radius 3 is 2.88 bits per heavy atom. The number of H-pyrrole nitrogens is 2. The number of carbonyl (C=O) groups is 1. The summed E-state index contributed by atoms with van der Waals surface area (Å²) in [4.78, 5) is 18.1. The van der Waals surface area contributed by atoms with Crippen LogP contribution in [0.15, 0.2) is 30.5 Å². The lowest BCUT2D eigenvalue weighted by Crippen LogP contribution is -2.12. The Labute approximate surface area is 104 Å². The van der Waals surface area contributed by atoms with Crippen molar-refractivity contribution in [2.45, 2.75) is 12.8 Å². The van der Waals surface area contributed by atoms with E-state index in [0.717, 1.165) is 29.7 Å². The summed E-state index contributed by atoms with van der Waals surface area (Å²) < 4.78 is 0.614. The van der Waals surface area contributed by atoms with Gasteiger partial charge in [-0.1, -0.05) is 24.3 Å². The summed E-state index contributed by atoms with van der Waals surface area (Å²) in [6, 6.07) is 7.85. The van der Waals surface area contributed by atoms with Crippen molar-refractivity contribution in [3.05, 3.63) is 52.1 Å². The van der Waals surface area contributed by atoms with Crippen molar-refractivity contribution >= 4 is 18.0 Å². The van der Waals surface area contributed by atoms with Gasteiger partial charge in [0.15, 0.2) is 10.6 Å². The van der Waals surface area contributed by atoms with E-state index in [2.05, 4.69) is 9.97 Å². The van der Waals surface area contributed by atoms with E-state index in [1.165, 1.54) is 0 Å². The van der Waals surface area contributed by atoms with Crippen LogP contribution in [0.5, 0.6) is 0 Å². The minimum atomic E-state index is 0.0499. The minimum Gasteiger partial charge on any atom is -0.337 e. The highest BCUT2D eigenvalue weighted by Gasteiger charge is 2.30. The van der Waals surface area contributed by atoms with E-state index in [1.807, 2.05) is 30.5 Å². The number of imidazole rings is 1. The molecule has 0 aliphatic heterocycles. The molecule has 1 atom stereocenters. The average Bonchev–Trinajstić information content (AvgIpc) is 2.86. The molecule has 1 aliphatic carbocycles. The molecule has 0 amide bonds. The van der Waals surface area contributed by atoms with Crippen LogP contribution in [0.4, 0.5) is 0 Å². The van der Waals surface area contributed by atoms with Crippen molar-refractivity contribution in [3.63, 3.8) is 0 Å². The summed E-state index contributed by atoms with van der Waals surface area (Å²) in [5.41, 5.74) is 3.05. The second-order valence-electron chi connectivity index (χ2n) is 4.39. The summed E-state index contributed by atoms with van der Waals surface area (Å²) in [6.45, 7) is 0. The first-order chi connectivity index (χ1) is 8.24. The van der Waals surface area contributed by atoms with Crippen LogP contribution in [-0.4, -0.2) is 15.8 Å². The molecular weight excluding hydrogens is 232 g/mol. The summed E-state index contributed by atoms with van der Waals surface area (Å²) in [7, 11) is 0. The molecule has 4 heteroatoms. The lowest BCUT2D eigenvalue weighted by molar-refractivity contribution is 0.0935. The molecule has 0 saturated carbocycles. The molecule has 17 heavy (non-hydrogen) atoms. The van der Waals surface area contributed by atoms with Crippen LogP contribution in [-0.2, 0) is 12.8 Å². The molecule has 0 radical (unpaired) electrons. The maximum Gasteiger partial charge on any atom is 0.174 e. The summed E-state index contributed by atoms with van der Waals surface area (Å²) >= 11 is 4.98. The zero-order valence-corrected chi connectivity index (χ0v) is 10.0. The number of hydrogen-bond acceptors (Lipinski definition) is 2. The molecule has 3 nitrogen and oxygen atoms in total. The van der Waals surface area contributed by atoms with E-state index in [4.69, 9.17) is 12.2 Å². The number of rotatable bonds is 2. The van der Waals surface area contributed by atoms with Gasteiger partial charge >= 0.3 is 0 Å². The predicted octanol–water partition coefficient (Wildman–Crippen LogP) is 2.67. The number of carbonyl (C=O) groups excluding carboxylic acids is 1. The van der Waals surface area contributed by atoms with Crippen molar-refractivity contribution in [2.75, 3.05) is 0 Å². The number of fused-ring (bicyclic) bond motifs is 1. The molecule has 3 rings (SSSR count). The molecule has 1 heterocycles. The van der Waals surface area contributed by atoms with Crippen molar-refractivity contribution in [2.24, 2.45) is 5.92 Å². The first-order valence-electron chi connectivity index (χ1n) is 5.63. The molecule has 1 aromatic heterocycles. The monoisotopic (exact) mass is 244 g/mol. The van der Waals surface area contributed by atoms with Gasteiger partial charge in [-0.2, -0.15) is 0 Å². The number of hydrogen-bond donors (Lipinski definition) is 2. The van der Waals surface area contributed by atoms with E-state index in [1.54, 1.807) is 0 Å². The largest absolute Gasteiger partial charge is 0.337 e. The van der Waals surface area contributed by atoms with Crippen molar-refractivity contribution in [1.29, 1.82) is 0 Å². The fourth-order valence-electron chi connectivity index (χ4n) is 2.43. The van der Waals surface area contributed by atoms with E-state index < -0.39 is 0 Å². The maximum atomic E-state index is 12.2. The van der Waals surface area contributed by atoms with Gasteiger partial charge in [0.25, 0.3) is 0 Å². The van der Waals surface area contributed by atoms with Crippen LogP contribution in [0.25, 0.3) is 0 Å². The molecule has 1 unspecified atom stereocenters. The second kappa shape index (κ2) is 3.96. The quantitative estimate of drug-likeness (QED) is 0.798. The lowest BCUT2D eigenvalue weighted by atomic mass is 9.99. The van der Waals surface area contributed by atoms with Crippen LogP contribution in [0.3, 0.4) is 0 Å². The third-order valence-electron chi connectivity index (χ3n) is 3.24. The molecule has 2 N–H and O–H groups in total. The molecule has 0 fully saturated rings. The predicted molar refractivity (Wildman–Crippen MR) is 67.6 cm³/mol. The van der Waals surface area contributed by atoms with Gasteiger partial charge in [-0.15, -0.1) is 0 Å². The van der Waals surface area contributed by atoms with Crippen LogP contribution >= 0.6 is 12.2 Å². The highest BCUT2D eigenvalue weighted by atomic mass is 32.1. The molecular formula is C13H12N2OS. The topological polar surface area (TPSA) is 48.6 Å². The van der Waals surface area contributed by atoms with Gasteiger partial charge in [-0.05, 0) is 30.6 Å². The van der Waals surface area contributed by atoms with Gasteiger partial charge in [0.1, 0.15) is 0 Å². The number of benzene rings is 1. The molecule has 0 spiro atoms. The number of Topliss-reactive ketones (excluding diaryl/α,β-unsaturated/α-hetero) is 1. The second-order valence-corrected chi connectivity index (χ2v) is 4.80. The minimum absolute atomic E-state index is 0.0499. The van der Waals surface area contributed by atoms with Crippen LogP contribution in [0, 0.1) is 10.7 Å². The standard InChI is InChI=1S/C13H12N2OS/c16-12-9(6-10-7-14-13(17)15-10)5-8-3-1-2-4-11(8)12/h1-4,7,9H,5-6H2,(H2,14,15,17). The Kier molecular flexibility index (Phi) is 2.44. The molecule has 1 aliphatic rings. The first-order valence-corrected chi connectivity index (χ1v) is 6.03. The number of aromatic amines is 2.